The maximum absolute atomic E-state index is 13.9. The number of methoxy groups -OCH3 is 1. The number of carbonyl (C=O) groups is 4. The first kappa shape index (κ1) is 39.5. The molecule has 0 saturated carbocycles. The molecule has 16 heteroatoms. The topological polar surface area (TPSA) is 203 Å². The van der Waals surface area contributed by atoms with Crippen molar-refractivity contribution in [1.82, 2.24) is 49.9 Å². The van der Waals surface area contributed by atoms with E-state index in [1.165, 1.54) is 14.2 Å². The number of aromatic amines is 2. The van der Waals surface area contributed by atoms with Gasteiger partial charge in [-0.05, 0) is 42.4 Å². The van der Waals surface area contributed by atoms with Gasteiger partial charge in [0.05, 0.1) is 43.0 Å². The highest BCUT2D eigenvalue weighted by Crippen LogP contribution is 2.36. The Morgan fingerprint density at radius 2 is 1.22 bits per heavy atom. The van der Waals surface area contributed by atoms with Gasteiger partial charge in [-0.25, -0.2) is 29.5 Å². The van der Waals surface area contributed by atoms with Crippen LogP contribution < -0.4 is 5.32 Å². The average Bonchev–Trinajstić information content (AvgIpc) is 4.13. The molecule has 3 aromatic carbocycles. The van der Waals surface area contributed by atoms with Gasteiger partial charge in [-0.2, -0.15) is 0 Å². The molecular weight excluding hydrogens is 765 g/mol. The Morgan fingerprint density at radius 3 is 1.77 bits per heavy atom. The molecular formula is C44H44N10O6. The Labute approximate surface area is 345 Å². The molecule has 2 saturated heterocycles. The average molecular weight is 809 g/mol. The fraction of sp³-hybridized carbons (Fsp3) is 0.273. The molecule has 0 bridgehead atoms. The zero-order valence-electron chi connectivity index (χ0n) is 33.1. The van der Waals surface area contributed by atoms with Crippen LogP contribution in [0.2, 0.25) is 0 Å². The minimum atomic E-state index is -1.19. The van der Waals surface area contributed by atoms with Gasteiger partial charge in [0, 0.05) is 43.7 Å². The van der Waals surface area contributed by atoms with E-state index in [0.29, 0.717) is 53.8 Å². The van der Waals surface area contributed by atoms with Crippen molar-refractivity contribution < 1.29 is 29.0 Å². The number of ether oxygens (including phenoxy) is 1. The number of carboxylic acid groups (broad SMARTS) is 1. The SMILES string of the molecule is COC(=O)N[C@@H](C(=O)N1CCC[C@H]1c1ncc(-c2ccc(-c3ncc(-c4cnc([C@@H]5CCCN5C(=O)[C@@H](c5ccccc5)N(C)C(=O)O)[nH]4)cn3)cc2)[nH]1)c1ccccc1. The van der Waals surface area contributed by atoms with Gasteiger partial charge < -0.3 is 34.9 Å². The molecule has 5 heterocycles. The first-order chi connectivity index (χ1) is 29.2. The highest BCUT2D eigenvalue weighted by molar-refractivity contribution is 5.88. The summed E-state index contributed by atoms with van der Waals surface area (Å²) in [6.07, 6.45) is 7.99. The monoisotopic (exact) mass is 808 g/mol. The zero-order chi connectivity index (χ0) is 41.8. The van der Waals surface area contributed by atoms with Crippen LogP contribution in [-0.4, -0.2) is 101 Å². The maximum atomic E-state index is 13.9. The van der Waals surface area contributed by atoms with Crippen LogP contribution >= 0.6 is 0 Å². The Morgan fingerprint density at radius 1 is 0.700 bits per heavy atom. The molecule has 0 spiro atoms. The lowest BCUT2D eigenvalue weighted by Crippen LogP contribution is -2.43. The van der Waals surface area contributed by atoms with Crippen LogP contribution in [0.25, 0.3) is 33.9 Å². The normalized spacial score (nSPS) is 17.2. The molecule has 4 atom stereocenters. The molecule has 2 aliphatic heterocycles. The van der Waals surface area contributed by atoms with Crippen molar-refractivity contribution in [2.45, 2.75) is 49.9 Å². The number of nitrogens with one attached hydrogen (secondary N) is 3. The van der Waals surface area contributed by atoms with E-state index >= 15 is 0 Å². The summed E-state index contributed by atoms with van der Waals surface area (Å²) in [5.41, 5.74) is 5.19. The molecule has 8 rings (SSSR count). The molecule has 4 amide bonds. The van der Waals surface area contributed by atoms with Gasteiger partial charge in [0.2, 0.25) is 0 Å². The van der Waals surface area contributed by atoms with Crippen molar-refractivity contribution >= 4 is 24.0 Å². The lowest BCUT2D eigenvalue weighted by Gasteiger charge is -2.32. The van der Waals surface area contributed by atoms with E-state index < -0.39 is 24.3 Å². The lowest BCUT2D eigenvalue weighted by molar-refractivity contribution is -0.137. The summed E-state index contributed by atoms with van der Waals surface area (Å²) in [5, 5.41) is 12.5. The fourth-order valence-electron chi connectivity index (χ4n) is 8.06. The number of hydrogen-bond donors (Lipinski definition) is 4. The predicted molar refractivity (Wildman–Crippen MR) is 220 cm³/mol. The molecule has 0 unspecified atom stereocenters. The van der Waals surface area contributed by atoms with Gasteiger partial charge in [0.1, 0.15) is 23.7 Å². The number of likely N-dealkylation sites (N-methyl/N-ethyl adjacent to an activating group) is 1. The molecule has 2 fully saturated rings. The van der Waals surface area contributed by atoms with Gasteiger partial charge in [0.15, 0.2) is 5.82 Å². The number of aromatic nitrogens is 6. The summed E-state index contributed by atoms with van der Waals surface area (Å²) in [6.45, 7) is 1.02. The largest absolute Gasteiger partial charge is 0.465 e. The number of alkyl carbamates (subject to hydrolysis) is 1. The minimum Gasteiger partial charge on any atom is -0.465 e. The Balaban J connectivity index is 0.933. The molecule has 6 aromatic rings. The van der Waals surface area contributed by atoms with Crippen LogP contribution in [0.1, 0.15) is 72.6 Å². The number of nitrogens with zero attached hydrogens (tertiary/aromatic N) is 7. The van der Waals surface area contributed by atoms with Crippen molar-refractivity contribution in [3.63, 3.8) is 0 Å². The van der Waals surface area contributed by atoms with Crippen LogP contribution in [0.15, 0.2) is 110 Å². The van der Waals surface area contributed by atoms with Crippen LogP contribution in [0, 0.1) is 0 Å². The Hall–Kier alpha value is -7.36. The van der Waals surface area contributed by atoms with E-state index in [9.17, 15) is 24.3 Å². The van der Waals surface area contributed by atoms with Gasteiger partial charge in [-0.3, -0.25) is 14.5 Å². The third-order valence-electron chi connectivity index (χ3n) is 11.2. The number of H-pyrrole nitrogens is 2. The maximum Gasteiger partial charge on any atom is 0.407 e. The first-order valence-electron chi connectivity index (χ1n) is 19.7. The molecule has 0 aliphatic carbocycles. The van der Waals surface area contributed by atoms with E-state index in [4.69, 9.17) is 4.74 Å². The quantitative estimate of drug-likeness (QED) is 0.109. The summed E-state index contributed by atoms with van der Waals surface area (Å²) in [6, 6.07) is 23.3. The number of carbonyl (C=O) groups excluding carboxylic acids is 3. The lowest BCUT2D eigenvalue weighted by atomic mass is 10.0. The van der Waals surface area contributed by atoms with E-state index in [1.54, 1.807) is 71.0 Å². The van der Waals surface area contributed by atoms with Gasteiger partial charge in [-0.15, -0.1) is 0 Å². The van der Waals surface area contributed by atoms with Crippen molar-refractivity contribution in [1.29, 1.82) is 0 Å². The number of rotatable bonds is 11. The third kappa shape index (κ3) is 8.03. The summed E-state index contributed by atoms with van der Waals surface area (Å²) in [7, 11) is 2.68. The second-order valence-electron chi connectivity index (χ2n) is 14.8. The second-order valence-corrected chi connectivity index (χ2v) is 14.8. The molecule has 4 N–H and O–H groups in total. The predicted octanol–water partition coefficient (Wildman–Crippen LogP) is 6.70. The number of hydrogen-bond acceptors (Lipinski definition) is 9. The molecule has 60 heavy (non-hydrogen) atoms. The zero-order valence-corrected chi connectivity index (χ0v) is 33.1. The van der Waals surface area contributed by atoms with Crippen LogP contribution in [0.3, 0.4) is 0 Å². The number of benzene rings is 3. The third-order valence-corrected chi connectivity index (χ3v) is 11.2. The van der Waals surface area contributed by atoms with Gasteiger partial charge in [-0.1, -0.05) is 84.9 Å². The van der Waals surface area contributed by atoms with Crippen molar-refractivity contribution in [2.24, 2.45) is 0 Å². The Bertz CT molecular complexity index is 2460. The van der Waals surface area contributed by atoms with E-state index in [2.05, 4.69) is 35.2 Å². The summed E-state index contributed by atoms with van der Waals surface area (Å²) in [5.74, 6) is 1.28. The van der Waals surface area contributed by atoms with Crippen LogP contribution in [0.5, 0.6) is 0 Å². The van der Waals surface area contributed by atoms with E-state index in [1.807, 2.05) is 48.5 Å². The highest BCUT2D eigenvalue weighted by Gasteiger charge is 2.40. The standard InChI is InChI=1S/C44H44N10O6/c1-52(44(58)59)37(29-13-7-4-8-14-29)42(56)54-22-10-16-35(54)40-48-26-33(50-40)31-23-45-38(46-24-31)30-19-17-27(18-20-30)32-25-47-39(49-32)34-15-9-21-53(34)41(55)36(51-43(57)60-2)28-11-5-3-6-12-28/h3-8,11-14,17-20,23-26,34-37H,9-10,15-16,21-22H2,1-2H3,(H,47,49)(H,48,50)(H,51,57)(H,58,59)/t34-,35-,36+,37+/m0/s1. The molecule has 16 nitrogen and oxygen atoms in total. The Kier molecular flexibility index (Phi) is 11.3. The number of likely N-dealkylation sites (tertiary alicyclic amines) is 2. The van der Waals surface area contributed by atoms with E-state index in [0.717, 1.165) is 46.5 Å². The van der Waals surface area contributed by atoms with Gasteiger partial charge >= 0.3 is 12.2 Å². The van der Waals surface area contributed by atoms with Gasteiger partial charge in [0.25, 0.3) is 11.8 Å². The molecule has 0 radical (unpaired) electrons. The smallest absolute Gasteiger partial charge is 0.407 e. The molecule has 2 aliphatic rings. The first-order valence-corrected chi connectivity index (χ1v) is 19.7. The van der Waals surface area contributed by atoms with Crippen molar-refractivity contribution in [3.8, 4) is 33.9 Å². The summed E-state index contributed by atoms with van der Waals surface area (Å²) >= 11 is 0. The fourth-order valence-corrected chi connectivity index (χ4v) is 8.06. The second kappa shape index (κ2) is 17.2. The van der Waals surface area contributed by atoms with Crippen LogP contribution in [0.4, 0.5) is 9.59 Å². The van der Waals surface area contributed by atoms with Crippen LogP contribution in [-0.2, 0) is 14.3 Å². The van der Waals surface area contributed by atoms with Crippen molar-refractivity contribution in [2.75, 3.05) is 27.2 Å². The molecule has 3 aromatic heterocycles. The minimum absolute atomic E-state index is 0.234. The summed E-state index contributed by atoms with van der Waals surface area (Å²) in [4.78, 5) is 81.9. The van der Waals surface area contributed by atoms with Crippen molar-refractivity contribution in [3.05, 3.63) is 132 Å². The number of amides is 4. The number of imidazole rings is 2. The van der Waals surface area contributed by atoms with E-state index in [-0.39, 0.29) is 23.9 Å². The highest BCUT2D eigenvalue weighted by atomic mass is 16.5. The summed E-state index contributed by atoms with van der Waals surface area (Å²) < 4.78 is 4.82. The molecule has 306 valence electrons.